The van der Waals surface area contributed by atoms with E-state index in [0.717, 1.165) is 24.1 Å². The summed E-state index contributed by atoms with van der Waals surface area (Å²) in [6.45, 7) is 4.81. The van der Waals surface area contributed by atoms with Crippen LogP contribution in [-0.2, 0) is 19.4 Å². The summed E-state index contributed by atoms with van der Waals surface area (Å²) in [4.78, 5) is 8.45. The number of para-hydroxylation sites is 1. The molecular formula is C17H23IN4. The fraction of sp³-hybridized carbons (Fsp3) is 0.294. The molecule has 0 saturated heterocycles. The molecule has 0 atom stereocenters. The number of pyridine rings is 1. The molecule has 5 heteroatoms. The number of aromatic nitrogens is 1. The van der Waals surface area contributed by atoms with Gasteiger partial charge in [-0.15, -0.1) is 24.0 Å². The molecule has 0 saturated carbocycles. The number of benzene rings is 1. The first-order valence-electron chi connectivity index (χ1n) is 7.31. The maximum absolute atomic E-state index is 6.02. The van der Waals surface area contributed by atoms with Crippen LogP contribution in [0, 0.1) is 0 Å². The molecule has 0 aliphatic carbocycles. The Morgan fingerprint density at radius 3 is 2.36 bits per heavy atom. The number of anilines is 1. The summed E-state index contributed by atoms with van der Waals surface area (Å²) in [5.41, 5.74) is 10.7. The highest BCUT2D eigenvalue weighted by Gasteiger charge is 2.06. The highest BCUT2D eigenvalue weighted by molar-refractivity contribution is 14.0. The van der Waals surface area contributed by atoms with E-state index in [2.05, 4.69) is 47.3 Å². The molecule has 0 fully saturated rings. The fourth-order valence-electron chi connectivity index (χ4n) is 2.24. The van der Waals surface area contributed by atoms with Gasteiger partial charge in [0, 0.05) is 18.1 Å². The zero-order valence-electron chi connectivity index (χ0n) is 13.0. The summed E-state index contributed by atoms with van der Waals surface area (Å²) >= 11 is 0. The van der Waals surface area contributed by atoms with Gasteiger partial charge in [-0.3, -0.25) is 4.98 Å². The first-order valence-corrected chi connectivity index (χ1v) is 7.31. The lowest BCUT2D eigenvalue weighted by atomic mass is 10.0. The van der Waals surface area contributed by atoms with Crippen LogP contribution >= 0.6 is 24.0 Å². The Balaban J connectivity index is 0.00000242. The minimum atomic E-state index is 0. The smallest absolute Gasteiger partial charge is 0.193 e. The lowest BCUT2D eigenvalue weighted by Crippen LogP contribution is -2.24. The second kappa shape index (κ2) is 9.40. The number of nitrogens with two attached hydrogens (primary N) is 1. The van der Waals surface area contributed by atoms with Crippen LogP contribution in [0.15, 0.2) is 47.7 Å². The lowest BCUT2D eigenvalue weighted by molar-refractivity contribution is 1.03. The van der Waals surface area contributed by atoms with E-state index >= 15 is 0 Å². The van der Waals surface area contributed by atoms with Crippen molar-refractivity contribution in [2.75, 3.05) is 5.32 Å². The van der Waals surface area contributed by atoms with Gasteiger partial charge in [-0.2, -0.15) is 0 Å². The highest BCUT2D eigenvalue weighted by atomic mass is 127. The van der Waals surface area contributed by atoms with Crippen LogP contribution < -0.4 is 11.1 Å². The van der Waals surface area contributed by atoms with Crippen LogP contribution in [0.4, 0.5) is 5.69 Å². The van der Waals surface area contributed by atoms with E-state index in [9.17, 15) is 0 Å². The van der Waals surface area contributed by atoms with E-state index in [1.165, 1.54) is 11.1 Å². The summed E-state index contributed by atoms with van der Waals surface area (Å²) in [6, 6.07) is 10.2. The maximum atomic E-state index is 6.02. The second-order valence-corrected chi connectivity index (χ2v) is 4.85. The molecule has 1 aromatic heterocycles. The first kappa shape index (κ1) is 18.4. The molecule has 0 amide bonds. The summed E-state index contributed by atoms with van der Waals surface area (Å²) in [5.74, 6) is 0.439. The molecule has 1 heterocycles. The van der Waals surface area contributed by atoms with Crippen LogP contribution in [0.1, 0.15) is 30.5 Å². The Labute approximate surface area is 149 Å². The summed E-state index contributed by atoms with van der Waals surface area (Å²) < 4.78 is 0. The number of hydrogen-bond donors (Lipinski definition) is 2. The molecule has 0 radical (unpaired) electrons. The number of nitrogens with one attached hydrogen (secondary N) is 1. The van der Waals surface area contributed by atoms with Crippen molar-refractivity contribution in [3.63, 3.8) is 0 Å². The van der Waals surface area contributed by atoms with E-state index in [4.69, 9.17) is 5.73 Å². The monoisotopic (exact) mass is 410 g/mol. The summed E-state index contributed by atoms with van der Waals surface area (Å²) in [6.07, 6.45) is 5.48. The molecule has 118 valence electrons. The quantitative estimate of drug-likeness (QED) is 0.448. The van der Waals surface area contributed by atoms with Gasteiger partial charge >= 0.3 is 0 Å². The third-order valence-corrected chi connectivity index (χ3v) is 3.41. The Morgan fingerprint density at radius 1 is 1.14 bits per heavy atom. The predicted molar refractivity (Wildman–Crippen MR) is 104 cm³/mol. The number of halogens is 1. The van der Waals surface area contributed by atoms with Gasteiger partial charge in [0.05, 0.1) is 6.54 Å². The Bertz CT molecular complexity index is 589. The molecular weight excluding hydrogens is 387 g/mol. The molecule has 2 rings (SSSR count). The molecule has 3 N–H and O–H groups in total. The topological polar surface area (TPSA) is 63.3 Å². The standard InChI is InChI=1S/C17H22N4.HI/c1-3-14-8-5-9-15(4-2)16(14)21-17(18)20-12-13-7-6-10-19-11-13;/h5-11H,3-4,12H2,1-2H3,(H3,18,20,21);1H. The average molecular weight is 410 g/mol. The van der Waals surface area contributed by atoms with E-state index in [1.807, 2.05) is 12.1 Å². The zero-order chi connectivity index (χ0) is 15.1. The predicted octanol–water partition coefficient (Wildman–Crippen LogP) is 3.75. The van der Waals surface area contributed by atoms with Crippen molar-refractivity contribution in [3.05, 3.63) is 59.4 Å². The van der Waals surface area contributed by atoms with E-state index in [1.54, 1.807) is 12.4 Å². The minimum absolute atomic E-state index is 0. The Morgan fingerprint density at radius 2 is 1.82 bits per heavy atom. The van der Waals surface area contributed by atoms with E-state index < -0.39 is 0 Å². The minimum Gasteiger partial charge on any atom is -0.370 e. The first-order chi connectivity index (χ1) is 10.2. The average Bonchev–Trinajstić information content (AvgIpc) is 2.54. The van der Waals surface area contributed by atoms with E-state index in [-0.39, 0.29) is 24.0 Å². The van der Waals surface area contributed by atoms with E-state index in [0.29, 0.717) is 12.5 Å². The van der Waals surface area contributed by atoms with Crippen LogP contribution in [0.5, 0.6) is 0 Å². The third-order valence-electron chi connectivity index (χ3n) is 3.41. The van der Waals surface area contributed by atoms with Gasteiger partial charge in [0.15, 0.2) is 5.96 Å². The van der Waals surface area contributed by atoms with Crippen molar-refractivity contribution in [1.82, 2.24) is 4.98 Å². The van der Waals surface area contributed by atoms with Gasteiger partial charge in [-0.05, 0) is 35.6 Å². The van der Waals surface area contributed by atoms with Crippen molar-refractivity contribution >= 4 is 35.6 Å². The van der Waals surface area contributed by atoms with Crippen molar-refractivity contribution < 1.29 is 0 Å². The maximum Gasteiger partial charge on any atom is 0.193 e. The Hall–Kier alpha value is -1.63. The van der Waals surface area contributed by atoms with Gasteiger partial charge in [-0.1, -0.05) is 38.1 Å². The van der Waals surface area contributed by atoms with Gasteiger partial charge in [-0.25, -0.2) is 4.99 Å². The van der Waals surface area contributed by atoms with Gasteiger partial charge in [0.1, 0.15) is 0 Å². The lowest BCUT2D eigenvalue weighted by Gasteiger charge is -2.14. The largest absolute Gasteiger partial charge is 0.370 e. The van der Waals surface area contributed by atoms with Crippen molar-refractivity contribution in [2.45, 2.75) is 33.2 Å². The molecule has 2 aromatic rings. The number of hydrogen-bond acceptors (Lipinski definition) is 2. The fourth-order valence-corrected chi connectivity index (χ4v) is 2.24. The zero-order valence-corrected chi connectivity index (χ0v) is 15.4. The molecule has 0 aliphatic heterocycles. The third kappa shape index (κ3) is 4.98. The Kier molecular flexibility index (Phi) is 7.87. The van der Waals surface area contributed by atoms with Crippen molar-refractivity contribution in [1.29, 1.82) is 0 Å². The van der Waals surface area contributed by atoms with Crippen molar-refractivity contribution in [2.24, 2.45) is 10.7 Å². The SMILES string of the molecule is CCc1cccc(CC)c1NC(N)=NCc1cccnc1.I. The highest BCUT2D eigenvalue weighted by Crippen LogP contribution is 2.22. The second-order valence-electron chi connectivity index (χ2n) is 4.85. The number of guanidine groups is 1. The van der Waals surface area contributed by atoms with Gasteiger partial charge < -0.3 is 11.1 Å². The molecule has 4 nitrogen and oxygen atoms in total. The number of rotatable bonds is 5. The number of nitrogens with zero attached hydrogens (tertiary/aromatic N) is 2. The van der Waals surface area contributed by atoms with Gasteiger partial charge in [0.25, 0.3) is 0 Å². The molecule has 0 bridgehead atoms. The van der Waals surface area contributed by atoms with Crippen LogP contribution in [0.25, 0.3) is 0 Å². The van der Waals surface area contributed by atoms with Gasteiger partial charge in [0.2, 0.25) is 0 Å². The molecule has 0 aliphatic rings. The normalized spacial score (nSPS) is 10.9. The molecule has 1 aromatic carbocycles. The van der Waals surface area contributed by atoms with Crippen LogP contribution in [0.2, 0.25) is 0 Å². The molecule has 22 heavy (non-hydrogen) atoms. The van der Waals surface area contributed by atoms with Crippen molar-refractivity contribution in [3.8, 4) is 0 Å². The molecule has 0 spiro atoms. The summed E-state index contributed by atoms with van der Waals surface area (Å²) in [7, 11) is 0. The van der Waals surface area contributed by atoms with Crippen LogP contribution in [-0.4, -0.2) is 10.9 Å². The summed E-state index contributed by atoms with van der Waals surface area (Å²) in [5, 5.41) is 3.26. The molecule has 0 unspecified atom stereocenters. The number of aryl methyl sites for hydroxylation is 2. The number of aliphatic imine (C=N–C) groups is 1. The van der Waals surface area contributed by atoms with Crippen LogP contribution in [0.3, 0.4) is 0 Å².